The zero-order valence-corrected chi connectivity index (χ0v) is 18.8. The molecule has 6 nitrogen and oxygen atoms in total. The zero-order chi connectivity index (χ0) is 23.6. The van der Waals surface area contributed by atoms with Gasteiger partial charge in [0.05, 0.1) is 11.7 Å². The standard InChI is InChI=1S/C24H28F2O6/c1-13-9-10-18(27)21-19(31-24(4,5)32-21)8-6-7-16-12-17(30-23(25)26)11-14(2)20(16)22(28)29-15(13)3/h6-7,9-13,15,19,21,23H,8H2,1-5H3/b7-6+,10-9-/t13-,15+,19+,21-/m1/s1. The molecule has 32 heavy (non-hydrogen) atoms. The van der Waals surface area contributed by atoms with Crippen LogP contribution < -0.4 is 4.74 Å². The van der Waals surface area contributed by atoms with Crippen molar-refractivity contribution in [1.82, 2.24) is 0 Å². The van der Waals surface area contributed by atoms with Gasteiger partial charge in [0.2, 0.25) is 0 Å². The summed E-state index contributed by atoms with van der Waals surface area (Å²) in [7, 11) is 0. The van der Waals surface area contributed by atoms with Crippen LogP contribution in [0.3, 0.4) is 0 Å². The molecule has 3 rings (SSSR count). The van der Waals surface area contributed by atoms with Crippen molar-refractivity contribution >= 4 is 17.8 Å². The van der Waals surface area contributed by atoms with E-state index in [9.17, 15) is 18.4 Å². The van der Waals surface area contributed by atoms with Crippen molar-refractivity contribution < 1.29 is 37.3 Å². The average molecular weight is 450 g/mol. The van der Waals surface area contributed by atoms with E-state index in [0.29, 0.717) is 17.5 Å². The van der Waals surface area contributed by atoms with E-state index in [-0.39, 0.29) is 23.0 Å². The molecule has 0 N–H and O–H groups in total. The fraction of sp³-hybridized carbons (Fsp3) is 0.500. The van der Waals surface area contributed by atoms with Crippen molar-refractivity contribution in [3.8, 4) is 5.75 Å². The number of alkyl halides is 2. The van der Waals surface area contributed by atoms with Gasteiger partial charge < -0.3 is 18.9 Å². The van der Waals surface area contributed by atoms with Gasteiger partial charge >= 0.3 is 12.6 Å². The molecule has 174 valence electrons. The maximum absolute atomic E-state index is 12.9. The molecule has 0 radical (unpaired) electrons. The molecule has 0 unspecified atom stereocenters. The number of fused-ring (bicyclic) bond motifs is 2. The third kappa shape index (κ3) is 5.61. The van der Waals surface area contributed by atoms with Gasteiger partial charge in [-0.05, 0) is 63.5 Å². The van der Waals surface area contributed by atoms with Gasteiger partial charge in [-0.3, -0.25) is 4.79 Å². The van der Waals surface area contributed by atoms with Crippen molar-refractivity contribution in [3.05, 3.63) is 47.1 Å². The molecule has 0 amide bonds. The molecule has 0 saturated carbocycles. The van der Waals surface area contributed by atoms with Crippen LogP contribution in [0.5, 0.6) is 5.75 Å². The maximum Gasteiger partial charge on any atom is 0.387 e. The summed E-state index contributed by atoms with van der Waals surface area (Å²) in [6.45, 7) is 5.66. The lowest BCUT2D eigenvalue weighted by molar-refractivity contribution is -0.152. The highest BCUT2D eigenvalue weighted by Crippen LogP contribution is 2.32. The lowest BCUT2D eigenvalue weighted by atomic mass is 9.98. The monoisotopic (exact) mass is 450 g/mol. The molecule has 0 spiro atoms. The first-order chi connectivity index (χ1) is 15.0. The molecule has 8 heteroatoms. The predicted molar refractivity (Wildman–Crippen MR) is 113 cm³/mol. The fourth-order valence-corrected chi connectivity index (χ4v) is 3.77. The summed E-state index contributed by atoms with van der Waals surface area (Å²) < 4.78 is 47.4. The van der Waals surface area contributed by atoms with Crippen molar-refractivity contribution in [2.75, 3.05) is 0 Å². The van der Waals surface area contributed by atoms with Gasteiger partial charge in [-0.25, -0.2) is 4.79 Å². The molecule has 2 aliphatic rings. The molecule has 4 atom stereocenters. The van der Waals surface area contributed by atoms with Crippen LogP contribution in [0.1, 0.15) is 55.6 Å². The number of esters is 1. The Morgan fingerprint density at radius 1 is 1.12 bits per heavy atom. The summed E-state index contributed by atoms with van der Waals surface area (Å²) in [5.74, 6) is -2.05. The van der Waals surface area contributed by atoms with E-state index < -0.39 is 36.7 Å². The van der Waals surface area contributed by atoms with Gasteiger partial charge in [0.1, 0.15) is 18.0 Å². The lowest BCUT2D eigenvalue weighted by Gasteiger charge is -2.20. The topological polar surface area (TPSA) is 71.1 Å². The second-order valence-electron chi connectivity index (χ2n) is 8.55. The van der Waals surface area contributed by atoms with E-state index in [1.54, 1.807) is 45.9 Å². The van der Waals surface area contributed by atoms with Crippen molar-refractivity contribution in [2.45, 2.75) is 71.8 Å². The molecule has 2 heterocycles. The van der Waals surface area contributed by atoms with Crippen molar-refractivity contribution in [3.63, 3.8) is 0 Å². The normalized spacial score (nSPS) is 30.1. The molecule has 0 aromatic heterocycles. The quantitative estimate of drug-likeness (QED) is 0.601. The van der Waals surface area contributed by atoms with Crippen LogP contribution in [0, 0.1) is 12.8 Å². The Kier molecular flexibility index (Phi) is 7.15. The number of carbonyl (C=O) groups excluding carboxylic acids is 2. The largest absolute Gasteiger partial charge is 0.458 e. The number of hydrogen-bond acceptors (Lipinski definition) is 6. The summed E-state index contributed by atoms with van der Waals surface area (Å²) in [5.41, 5.74) is 1.09. The number of carbonyl (C=O) groups is 2. The van der Waals surface area contributed by atoms with Crippen molar-refractivity contribution in [1.29, 1.82) is 0 Å². The summed E-state index contributed by atoms with van der Waals surface area (Å²) in [6.07, 6.45) is 4.92. The number of ether oxygens (including phenoxy) is 4. The number of aryl methyl sites for hydroxylation is 1. The molecule has 1 fully saturated rings. The molecular formula is C24H28F2O6. The molecule has 1 aromatic rings. The van der Waals surface area contributed by atoms with Crippen LogP contribution in [-0.2, 0) is 19.0 Å². The summed E-state index contributed by atoms with van der Waals surface area (Å²) in [4.78, 5) is 25.7. The van der Waals surface area contributed by atoms with E-state index in [4.69, 9.17) is 14.2 Å². The second kappa shape index (κ2) is 9.50. The molecule has 2 aliphatic heterocycles. The number of halogens is 2. The van der Waals surface area contributed by atoms with E-state index in [0.717, 1.165) is 0 Å². The number of benzene rings is 1. The third-order valence-electron chi connectivity index (χ3n) is 5.50. The van der Waals surface area contributed by atoms with Crippen LogP contribution in [0.4, 0.5) is 8.78 Å². The highest BCUT2D eigenvalue weighted by Gasteiger charge is 2.43. The Bertz CT molecular complexity index is 937. The lowest BCUT2D eigenvalue weighted by Crippen LogP contribution is -2.30. The first-order valence-electron chi connectivity index (χ1n) is 10.5. The van der Waals surface area contributed by atoms with Gasteiger partial charge in [-0.1, -0.05) is 25.2 Å². The minimum Gasteiger partial charge on any atom is -0.458 e. The minimum absolute atomic E-state index is 0.0613. The maximum atomic E-state index is 12.9. The molecular weight excluding hydrogens is 422 g/mol. The zero-order valence-electron chi connectivity index (χ0n) is 18.8. The summed E-state index contributed by atoms with van der Waals surface area (Å²) in [6, 6.07) is 2.74. The van der Waals surface area contributed by atoms with Crippen LogP contribution in [0.25, 0.3) is 6.08 Å². The van der Waals surface area contributed by atoms with Crippen LogP contribution in [-0.4, -0.2) is 42.5 Å². The highest BCUT2D eigenvalue weighted by atomic mass is 19.3. The minimum atomic E-state index is -2.99. The Morgan fingerprint density at radius 2 is 1.84 bits per heavy atom. The van der Waals surface area contributed by atoms with E-state index in [1.165, 1.54) is 18.2 Å². The molecule has 1 saturated heterocycles. The predicted octanol–water partition coefficient (Wildman–Crippen LogP) is 4.84. The van der Waals surface area contributed by atoms with Gasteiger partial charge in [-0.2, -0.15) is 8.78 Å². The molecule has 1 aromatic carbocycles. The smallest absolute Gasteiger partial charge is 0.387 e. The summed E-state index contributed by atoms with van der Waals surface area (Å²) >= 11 is 0. The van der Waals surface area contributed by atoms with Crippen LogP contribution >= 0.6 is 0 Å². The Morgan fingerprint density at radius 3 is 2.53 bits per heavy atom. The van der Waals surface area contributed by atoms with E-state index in [1.807, 2.05) is 6.92 Å². The van der Waals surface area contributed by atoms with Gasteiger partial charge in [0, 0.05) is 5.92 Å². The average Bonchev–Trinajstić information content (AvgIpc) is 2.98. The SMILES string of the molecule is Cc1cc(OC(F)F)cc2c1C(=O)O[C@@H](C)[C@H](C)/C=C\C(=O)[C@H]1OC(C)(C)O[C@H]1C/C=C/2. The second-order valence-corrected chi connectivity index (χ2v) is 8.55. The fourth-order valence-electron chi connectivity index (χ4n) is 3.77. The molecule has 0 aliphatic carbocycles. The van der Waals surface area contributed by atoms with Crippen LogP contribution in [0.2, 0.25) is 0 Å². The van der Waals surface area contributed by atoms with Crippen LogP contribution in [0.15, 0.2) is 30.4 Å². The Balaban J connectivity index is 2.04. The third-order valence-corrected chi connectivity index (χ3v) is 5.50. The molecule has 0 bridgehead atoms. The summed E-state index contributed by atoms with van der Waals surface area (Å²) in [5, 5.41) is 0. The van der Waals surface area contributed by atoms with Gasteiger partial charge in [0.15, 0.2) is 11.6 Å². The highest BCUT2D eigenvalue weighted by molar-refractivity contribution is 5.96. The van der Waals surface area contributed by atoms with Gasteiger partial charge in [0.25, 0.3) is 0 Å². The van der Waals surface area contributed by atoms with Crippen molar-refractivity contribution in [2.24, 2.45) is 5.92 Å². The number of ketones is 1. The van der Waals surface area contributed by atoms with E-state index in [2.05, 4.69) is 4.74 Å². The number of hydrogen-bond donors (Lipinski definition) is 0. The van der Waals surface area contributed by atoms with Gasteiger partial charge in [-0.15, -0.1) is 0 Å². The Labute approximate surface area is 186 Å². The first-order valence-corrected chi connectivity index (χ1v) is 10.5. The van der Waals surface area contributed by atoms with E-state index >= 15 is 0 Å². The number of rotatable bonds is 2. The number of cyclic esters (lactones) is 1. The first kappa shape index (κ1) is 24.1. The Hall–Kier alpha value is -2.58.